The second-order valence-electron chi connectivity index (χ2n) is 5.76. The molecule has 0 unspecified atom stereocenters. The van der Waals surface area contributed by atoms with Gasteiger partial charge in [-0.15, -0.1) is 23.1 Å². The third kappa shape index (κ3) is 4.47. The summed E-state index contributed by atoms with van der Waals surface area (Å²) in [5.74, 6) is -3.46. The van der Waals surface area contributed by atoms with Gasteiger partial charge in [-0.1, -0.05) is 6.07 Å². The maximum atomic E-state index is 13.0. The van der Waals surface area contributed by atoms with Gasteiger partial charge in [0.2, 0.25) is 0 Å². The van der Waals surface area contributed by atoms with E-state index < -0.39 is 54.3 Å². The summed E-state index contributed by atoms with van der Waals surface area (Å²) in [6.07, 6.45) is -1.30. The number of rotatable bonds is 7. The predicted octanol–water partition coefficient (Wildman–Crippen LogP) is -3.25. The van der Waals surface area contributed by atoms with Crippen molar-refractivity contribution >= 4 is 47.0 Å². The number of aliphatic carboxylic acids is 1. The van der Waals surface area contributed by atoms with Crippen LogP contribution < -0.4 is 40.4 Å². The first kappa shape index (κ1) is 19.4. The van der Waals surface area contributed by atoms with Gasteiger partial charge in [0.25, 0.3) is 11.6 Å². The van der Waals surface area contributed by atoms with Crippen molar-refractivity contribution in [3.05, 3.63) is 33.7 Å². The third-order valence-electron chi connectivity index (χ3n) is 4.03. The molecule has 0 spiro atoms. The maximum absolute atomic E-state index is 13.0. The van der Waals surface area contributed by atoms with Crippen molar-refractivity contribution in [2.24, 2.45) is 10.7 Å². The van der Waals surface area contributed by atoms with Gasteiger partial charge < -0.3 is 25.4 Å². The van der Waals surface area contributed by atoms with E-state index in [0.29, 0.717) is 4.88 Å². The minimum absolute atomic E-state index is 0. The summed E-state index contributed by atoms with van der Waals surface area (Å²) in [6, 6.07) is 3.39. The second kappa shape index (κ2) is 9.49. The van der Waals surface area contributed by atoms with Crippen LogP contribution in [-0.2, 0) is 25.5 Å². The van der Waals surface area contributed by atoms with Crippen LogP contribution >= 0.6 is 23.1 Å². The molecule has 2 aliphatic rings. The van der Waals surface area contributed by atoms with Gasteiger partial charge in [-0.2, -0.15) is 0 Å². The summed E-state index contributed by atoms with van der Waals surface area (Å²) in [6.45, 7) is -0.470. The van der Waals surface area contributed by atoms with Crippen LogP contribution in [0.1, 0.15) is 8.99 Å². The number of hydrogen-bond acceptors (Lipinski definition) is 9. The first-order valence-electron chi connectivity index (χ1n) is 9.25. The Hall–Kier alpha value is -1.57. The molecule has 1 fully saturated rings. The number of carbonyl (C=O) groups excluding carboxylic acids is 2. The molecule has 2 aliphatic heterocycles. The summed E-state index contributed by atoms with van der Waals surface area (Å²) in [5, 5.41) is 22.6. The minimum atomic E-state index is -3.09. The number of amides is 2. The van der Waals surface area contributed by atoms with Crippen LogP contribution in [-0.4, -0.2) is 64.4 Å². The normalized spacial score (nSPS) is 25.7. The van der Waals surface area contributed by atoms with Gasteiger partial charge in [0.05, 0.1) is 4.11 Å². The number of nitrogens with zero attached hydrogens (tertiary/aromatic N) is 2. The molecule has 1 aromatic rings. The summed E-state index contributed by atoms with van der Waals surface area (Å²) in [5.41, 5.74) is 2.08. The van der Waals surface area contributed by atoms with Gasteiger partial charge in [0.15, 0.2) is 0 Å². The molecule has 1 aromatic heterocycles. The number of carboxylic acids is 1. The van der Waals surface area contributed by atoms with E-state index in [1.54, 1.807) is 17.5 Å². The molecule has 0 saturated carbocycles. The third-order valence-corrected chi connectivity index (χ3v) is 6.27. The van der Waals surface area contributed by atoms with Gasteiger partial charge in [-0.3, -0.25) is 14.7 Å². The fraction of sp³-hybridized carbons (Fsp3) is 0.375. The quantitative estimate of drug-likeness (QED) is 0.189. The first-order chi connectivity index (χ1) is 14.4. The molecule has 0 radical (unpaired) electrons. The zero-order chi connectivity index (χ0) is 23.0. The van der Waals surface area contributed by atoms with E-state index in [0.717, 1.165) is 16.7 Å². The smallest absolute Gasteiger partial charge is 0.862 e. The minimum Gasteiger partial charge on any atom is -0.862 e. The molecule has 3 heterocycles. The average Bonchev–Trinajstić information content (AvgIpc) is 3.16. The molecule has 150 valence electrons. The molecular weight excluding hydrogens is 433 g/mol. The number of thioether (sulfide) groups is 1. The Labute approximate surface area is 200 Å². The molecule has 29 heavy (non-hydrogen) atoms. The van der Waals surface area contributed by atoms with Crippen LogP contribution in [0.5, 0.6) is 0 Å². The van der Waals surface area contributed by atoms with Gasteiger partial charge in [0, 0.05) is 29.7 Å². The molecule has 2 amide bonds. The van der Waals surface area contributed by atoms with E-state index in [2.05, 4.69) is 9.73 Å². The van der Waals surface area contributed by atoms with Crippen molar-refractivity contribution in [3.63, 3.8) is 0 Å². The van der Waals surface area contributed by atoms with E-state index in [-0.39, 0.29) is 47.3 Å². The van der Waals surface area contributed by atoms with Crippen LogP contribution in [0.15, 0.2) is 33.8 Å². The number of fused-ring (bicyclic) bond motifs is 1. The van der Waals surface area contributed by atoms with E-state index in [4.69, 9.17) is 14.6 Å². The van der Waals surface area contributed by atoms with Crippen LogP contribution in [0.4, 0.5) is 4.79 Å². The number of ether oxygens (including phenoxy) is 2. The van der Waals surface area contributed by atoms with Crippen molar-refractivity contribution < 1.29 is 67.7 Å². The van der Waals surface area contributed by atoms with E-state index in [9.17, 15) is 24.6 Å². The number of β-lactam (4-membered cyclic amide) rings is 1. The van der Waals surface area contributed by atoms with E-state index >= 15 is 0 Å². The number of carbonyl (C=O) groups is 3. The fourth-order valence-electron chi connectivity index (χ4n) is 2.85. The number of carboxylic acid groups (broad SMARTS) is 1. The Kier molecular flexibility index (Phi) is 6.35. The van der Waals surface area contributed by atoms with Crippen molar-refractivity contribution in [3.8, 4) is 0 Å². The monoisotopic (exact) mass is 452 g/mol. The molecule has 2 atom stereocenters. The SMILES string of the molecule is [2H]C([2H])([2H])O[C@@]1(N=C([O-])Cc2cccs2)C(=O)N2C(C(=O)O)=C(COC(N)=O)CS[C@@H]21.[Na+]. The molecule has 1 saturated heterocycles. The zero-order valence-electron chi connectivity index (χ0n) is 18.1. The molecule has 0 aliphatic carbocycles. The maximum Gasteiger partial charge on any atom is 1.00 e. The standard InChI is InChI=1S/C16H17N3O7S2.Na/c1-25-16(18-10(20)5-9-3-2-4-27-9)13(23)19-11(12(21)22)8(6-26-15(17)24)7-28-14(16)19;/h2-4,14H,5-7H2,1H3,(H2,17,24)(H,18,20)(H,21,22);/q;+1/p-1/t14-,16+;/m1./s1/i1D3;. The van der Waals surface area contributed by atoms with Crippen molar-refractivity contribution in [2.45, 2.75) is 17.5 Å². The predicted molar refractivity (Wildman–Crippen MR) is 98.5 cm³/mol. The molecule has 3 rings (SSSR count). The van der Waals surface area contributed by atoms with Crippen LogP contribution in [0.25, 0.3) is 0 Å². The van der Waals surface area contributed by atoms with Crippen LogP contribution in [0.2, 0.25) is 0 Å². The van der Waals surface area contributed by atoms with Gasteiger partial charge in [-0.25, -0.2) is 9.59 Å². The summed E-state index contributed by atoms with van der Waals surface area (Å²) < 4.78 is 31.8. The number of methoxy groups -OCH3 is 1. The Balaban J connectivity index is 0.00000363. The largest absolute Gasteiger partial charge is 1.00 e. The molecule has 10 nitrogen and oxygen atoms in total. The molecule has 0 bridgehead atoms. The first-order valence-corrected chi connectivity index (χ1v) is 9.68. The average molecular weight is 452 g/mol. The van der Waals surface area contributed by atoms with Gasteiger partial charge >= 0.3 is 41.6 Å². The van der Waals surface area contributed by atoms with E-state index in [1.165, 1.54) is 11.3 Å². The Bertz CT molecular complexity index is 971. The summed E-state index contributed by atoms with van der Waals surface area (Å²) in [7, 11) is -3.09. The number of nitrogens with two attached hydrogens (primary N) is 1. The molecule has 0 aromatic carbocycles. The topological polar surface area (TPSA) is 155 Å². The summed E-state index contributed by atoms with van der Waals surface area (Å²) in [4.78, 5) is 40.9. The Morgan fingerprint density at radius 1 is 1.59 bits per heavy atom. The number of aliphatic imine (C=N–C) groups is 1. The van der Waals surface area contributed by atoms with Gasteiger partial charge in [0.1, 0.15) is 17.7 Å². The van der Waals surface area contributed by atoms with Gasteiger partial charge in [-0.05, 0) is 17.3 Å². The molecule has 13 heteroatoms. The number of hydrogen-bond donors (Lipinski definition) is 2. The van der Waals surface area contributed by atoms with Crippen molar-refractivity contribution in [1.82, 2.24) is 4.90 Å². The Morgan fingerprint density at radius 3 is 2.93 bits per heavy atom. The van der Waals surface area contributed by atoms with E-state index in [1.807, 2.05) is 0 Å². The second-order valence-corrected chi connectivity index (χ2v) is 7.86. The van der Waals surface area contributed by atoms with Crippen LogP contribution in [0, 0.1) is 0 Å². The zero-order valence-corrected chi connectivity index (χ0v) is 18.7. The number of primary amides is 1. The van der Waals surface area contributed by atoms with Crippen molar-refractivity contribution in [2.75, 3.05) is 19.4 Å². The summed E-state index contributed by atoms with van der Waals surface area (Å²) >= 11 is 2.21. The Morgan fingerprint density at radius 2 is 2.34 bits per heavy atom. The van der Waals surface area contributed by atoms with Crippen LogP contribution in [0.3, 0.4) is 0 Å². The van der Waals surface area contributed by atoms with Crippen molar-refractivity contribution in [1.29, 1.82) is 0 Å². The fourth-order valence-corrected chi connectivity index (χ4v) is 4.90. The molecular formula is C16H16N3NaO7S2. The molecule has 3 N–H and O–H groups in total. The number of thiophene rings is 1.